The number of para-hydroxylation sites is 2. The van der Waals surface area contributed by atoms with Gasteiger partial charge >= 0.3 is 0 Å². The Morgan fingerprint density at radius 1 is 1.14 bits per heavy atom. The molecule has 28 heavy (non-hydrogen) atoms. The van der Waals surface area contributed by atoms with Crippen LogP contribution in [0.25, 0.3) is 0 Å². The molecule has 0 radical (unpaired) electrons. The Hall–Kier alpha value is -2.82. The number of fused-ring (bicyclic) bond motifs is 1. The second-order valence-electron chi connectivity index (χ2n) is 7.15. The van der Waals surface area contributed by atoms with Gasteiger partial charge in [-0.05, 0) is 48.9 Å². The number of carbonyl (C=O) groups is 2. The van der Waals surface area contributed by atoms with Crippen LogP contribution >= 0.6 is 0 Å². The minimum Gasteiger partial charge on any atom is -0.495 e. The summed E-state index contributed by atoms with van der Waals surface area (Å²) in [5, 5.41) is 2.87. The molecule has 0 saturated carbocycles. The molecular formula is C23H28N2O3. The van der Waals surface area contributed by atoms with Gasteiger partial charge in [0, 0.05) is 6.54 Å². The number of nitrogens with zero attached hydrogens (tertiary/aromatic N) is 1. The van der Waals surface area contributed by atoms with Crippen molar-refractivity contribution in [1.82, 2.24) is 4.90 Å². The highest BCUT2D eigenvalue weighted by Gasteiger charge is 2.30. The Bertz CT molecular complexity index is 834. The lowest BCUT2D eigenvalue weighted by Gasteiger charge is -2.30. The third-order valence-electron chi connectivity index (χ3n) is 5.19. The molecule has 0 fully saturated rings. The van der Waals surface area contributed by atoms with Crippen molar-refractivity contribution in [1.29, 1.82) is 0 Å². The minimum atomic E-state index is -0.213. The lowest BCUT2D eigenvalue weighted by Crippen LogP contribution is -2.41. The normalized spacial score (nSPS) is 15.4. The predicted octanol–water partition coefficient (Wildman–Crippen LogP) is 3.99. The average Bonchev–Trinajstić information content (AvgIpc) is 2.73. The Balaban J connectivity index is 1.73. The molecule has 0 heterocycles. The molecule has 5 nitrogen and oxygen atoms in total. The molecule has 3 rings (SSSR count). The summed E-state index contributed by atoms with van der Waals surface area (Å²) in [6.07, 6.45) is 3.66. The summed E-state index contributed by atoms with van der Waals surface area (Å²) in [5.74, 6) is 0.278. The smallest absolute Gasteiger partial charge is 0.244 e. The largest absolute Gasteiger partial charge is 0.495 e. The number of carbonyl (C=O) groups excluding carboxylic acids is 2. The van der Waals surface area contributed by atoms with Gasteiger partial charge in [0.2, 0.25) is 11.8 Å². The number of rotatable bonds is 7. The molecule has 1 aliphatic rings. The van der Waals surface area contributed by atoms with Crippen LogP contribution in [0.15, 0.2) is 48.5 Å². The van der Waals surface area contributed by atoms with Crippen LogP contribution in [0.4, 0.5) is 5.69 Å². The van der Waals surface area contributed by atoms with Crippen LogP contribution in [0, 0.1) is 0 Å². The summed E-state index contributed by atoms with van der Waals surface area (Å²) in [4.78, 5) is 27.6. The number of hydrogen-bond donors (Lipinski definition) is 1. The Kier molecular flexibility index (Phi) is 6.69. The maximum absolute atomic E-state index is 13.3. The van der Waals surface area contributed by atoms with E-state index in [1.54, 1.807) is 24.1 Å². The fourth-order valence-electron chi connectivity index (χ4n) is 3.88. The van der Waals surface area contributed by atoms with Gasteiger partial charge in [-0.25, -0.2) is 0 Å². The number of aryl methyl sites for hydroxylation is 1. The molecule has 0 bridgehead atoms. The van der Waals surface area contributed by atoms with Crippen LogP contribution in [0.1, 0.15) is 43.2 Å². The van der Waals surface area contributed by atoms with E-state index in [0.717, 1.165) is 31.2 Å². The maximum atomic E-state index is 13.3. The van der Waals surface area contributed by atoms with Gasteiger partial charge in [0.25, 0.3) is 0 Å². The highest BCUT2D eigenvalue weighted by molar-refractivity contribution is 5.96. The third-order valence-corrected chi connectivity index (χ3v) is 5.19. The van der Waals surface area contributed by atoms with E-state index >= 15 is 0 Å². The van der Waals surface area contributed by atoms with Gasteiger partial charge in [-0.2, -0.15) is 0 Å². The molecule has 0 spiro atoms. The highest BCUT2D eigenvalue weighted by Crippen LogP contribution is 2.33. The molecule has 0 aliphatic heterocycles. The summed E-state index contributed by atoms with van der Waals surface area (Å²) in [6.45, 7) is 2.63. The molecule has 5 heteroatoms. The van der Waals surface area contributed by atoms with Crippen LogP contribution < -0.4 is 10.1 Å². The fraction of sp³-hybridized carbons (Fsp3) is 0.391. The molecule has 1 N–H and O–H groups in total. The van der Waals surface area contributed by atoms with Crippen molar-refractivity contribution in [3.05, 3.63) is 59.7 Å². The monoisotopic (exact) mass is 380 g/mol. The second kappa shape index (κ2) is 9.40. The van der Waals surface area contributed by atoms with E-state index in [0.29, 0.717) is 18.0 Å². The molecule has 1 unspecified atom stereocenters. The zero-order valence-corrected chi connectivity index (χ0v) is 16.6. The molecular weight excluding hydrogens is 352 g/mol. The molecule has 148 valence electrons. The molecule has 1 atom stereocenters. The molecule has 0 aromatic heterocycles. The van der Waals surface area contributed by atoms with E-state index in [4.69, 9.17) is 4.74 Å². The van der Waals surface area contributed by atoms with E-state index in [2.05, 4.69) is 17.4 Å². The number of anilines is 1. The first-order valence-corrected chi connectivity index (χ1v) is 9.93. The Labute approximate surface area is 166 Å². The molecule has 0 saturated heterocycles. The van der Waals surface area contributed by atoms with Crippen LogP contribution in [-0.2, 0) is 16.0 Å². The van der Waals surface area contributed by atoms with Crippen LogP contribution in [0.5, 0.6) is 5.75 Å². The molecule has 2 amide bonds. The molecule has 1 aliphatic carbocycles. The van der Waals surface area contributed by atoms with Gasteiger partial charge in [-0.15, -0.1) is 0 Å². The van der Waals surface area contributed by atoms with Gasteiger partial charge < -0.3 is 15.0 Å². The SMILES string of the molecule is CCCN(CC(=O)Nc1ccccc1OC)C(=O)C1CCCc2ccccc21. The Morgan fingerprint density at radius 3 is 2.68 bits per heavy atom. The quantitative estimate of drug-likeness (QED) is 0.790. The highest BCUT2D eigenvalue weighted by atomic mass is 16.5. The van der Waals surface area contributed by atoms with Crippen LogP contribution in [0.3, 0.4) is 0 Å². The van der Waals surface area contributed by atoms with E-state index in [9.17, 15) is 9.59 Å². The second-order valence-corrected chi connectivity index (χ2v) is 7.15. The van der Waals surface area contributed by atoms with Gasteiger partial charge in [0.1, 0.15) is 5.75 Å². The summed E-state index contributed by atoms with van der Waals surface area (Å²) in [6, 6.07) is 15.4. The zero-order valence-electron chi connectivity index (χ0n) is 16.6. The fourth-order valence-corrected chi connectivity index (χ4v) is 3.88. The van der Waals surface area contributed by atoms with Gasteiger partial charge in [0.05, 0.1) is 25.3 Å². The van der Waals surface area contributed by atoms with Gasteiger partial charge in [-0.3, -0.25) is 9.59 Å². The lowest BCUT2D eigenvalue weighted by atomic mass is 9.82. The first-order valence-electron chi connectivity index (χ1n) is 9.93. The number of methoxy groups -OCH3 is 1. The number of ether oxygens (including phenoxy) is 1. The van der Waals surface area contributed by atoms with E-state index in [1.807, 2.05) is 31.2 Å². The standard InChI is InChI=1S/C23H28N2O3/c1-3-15-25(16-22(26)24-20-13-6-7-14-21(20)28-2)23(27)19-12-8-10-17-9-4-5-11-18(17)19/h4-7,9,11,13-14,19H,3,8,10,12,15-16H2,1-2H3,(H,24,26). The topological polar surface area (TPSA) is 58.6 Å². The van der Waals surface area contributed by atoms with Crippen LogP contribution in [0.2, 0.25) is 0 Å². The first-order chi connectivity index (χ1) is 13.6. The Morgan fingerprint density at radius 2 is 1.89 bits per heavy atom. The summed E-state index contributed by atoms with van der Waals surface area (Å²) < 4.78 is 5.29. The lowest BCUT2D eigenvalue weighted by molar-refractivity contribution is -0.136. The van der Waals surface area contributed by atoms with Crippen molar-refractivity contribution in [3.8, 4) is 5.75 Å². The summed E-state index contributed by atoms with van der Waals surface area (Å²) in [5.41, 5.74) is 2.98. The van der Waals surface area contributed by atoms with Crippen molar-refractivity contribution in [2.45, 2.75) is 38.5 Å². The number of benzene rings is 2. The zero-order chi connectivity index (χ0) is 19.9. The number of amides is 2. The summed E-state index contributed by atoms with van der Waals surface area (Å²) in [7, 11) is 1.57. The first kappa shape index (κ1) is 19.9. The number of hydrogen-bond acceptors (Lipinski definition) is 3. The minimum absolute atomic E-state index is 0.0450. The van der Waals surface area contributed by atoms with Crippen molar-refractivity contribution < 1.29 is 14.3 Å². The predicted molar refractivity (Wildman–Crippen MR) is 111 cm³/mol. The van der Waals surface area contributed by atoms with E-state index in [-0.39, 0.29) is 24.3 Å². The average molecular weight is 380 g/mol. The van der Waals surface area contributed by atoms with Crippen molar-refractivity contribution >= 4 is 17.5 Å². The number of nitrogens with one attached hydrogen (secondary N) is 1. The van der Waals surface area contributed by atoms with E-state index in [1.165, 1.54) is 5.56 Å². The van der Waals surface area contributed by atoms with Crippen LogP contribution in [-0.4, -0.2) is 36.9 Å². The third kappa shape index (κ3) is 4.53. The molecule has 2 aromatic rings. The van der Waals surface area contributed by atoms with Crippen molar-refractivity contribution in [2.75, 3.05) is 25.5 Å². The van der Waals surface area contributed by atoms with Gasteiger partial charge in [-0.1, -0.05) is 43.3 Å². The van der Waals surface area contributed by atoms with E-state index < -0.39 is 0 Å². The molecule has 2 aromatic carbocycles. The van der Waals surface area contributed by atoms with Crippen molar-refractivity contribution in [3.63, 3.8) is 0 Å². The van der Waals surface area contributed by atoms with Crippen molar-refractivity contribution in [2.24, 2.45) is 0 Å². The van der Waals surface area contributed by atoms with Gasteiger partial charge in [0.15, 0.2) is 0 Å². The summed E-state index contributed by atoms with van der Waals surface area (Å²) >= 11 is 0. The maximum Gasteiger partial charge on any atom is 0.244 e.